The summed E-state index contributed by atoms with van der Waals surface area (Å²) in [5.41, 5.74) is 3.57. The zero-order valence-electron chi connectivity index (χ0n) is 8.71. The minimum atomic E-state index is -0.772. The average Bonchev–Trinajstić information content (AvgIpc) is 2.26. The summed E-state index contributed by atoms with van der Waals surface area (Å²) in [5.74, 6) is -0.736. The molecule has 1 rings (SSSR count). The molecule has 16 heavy (non-hydrogen) atoms. The van der Waals surface area contributed by atoms with Gasteiger partial charge in [-0.15, -0.1) is 0 Å². The van der Waals surface area contributed by atoms with Gasteiger partial charge in [-0.3, -0.25) is 14.9 Å². The van der Waals surface area contributed by atoms with Crippen molar-refractivity contribution in [2.75, 3.05) is 6.54 Å². The van der Waals surface area contributed by atoms with E-state index >= 15 is 0 Å². The number of benzene rings is 1. The van der Waals surface area contributed by atoms with Gasteiger partial charge in [0.2, 0.25) is 0 Å². The summed E-state index contributed by atoms with van der Waals surface area (Å²) < 4.78 is 0. The van der Waals surface area contributed by atoms with Gasteiger partial charge in [-0.1, -0.05) is 30.3 Å². The van der Waals surface area contributed by atoms with E-state index in [0.717, 1.165) is 5.56 Å². The van der Waals surface area contributed by atoms with Gasteiger partial charge in [-0.25, -0.2) is 5.43 Å². The third-order valence-corrected chi connectivity index (χ3v) is 1.81. The van der Waals surface area contributed by atoms with E-state index in [1.54, 1.807) is 6.92 Å². The summed E-state index contributed by atoms with van der Waals surface area (Å²) >= 11 is 0. The van der Waals surface area contributed by atoms with Gasteiger partial charge in [0.15, 0.2) is 0 Å². The Morgan fingerprint density at radius 2 is 2.06 bits per heavy atom. The number of carbonyl (C=O) groups is 1. The van der Waals surface area contributed by atoms with Gasteiger partial charge in [0.05, 0.1) is 5.71 Å². The van der Waals surface area contributed by atoms with Gasteiger partial charge in [0, 0.05) is 4.92 Å². The molecule has 0 aliphatic heterocycles. The second-order valence-electron chi connectivity index (χ2n) is 3.09. The lowest BCUT2D eigenvalue weighted by atomic mass is 10.1. The topological polar surface area (TPSA) is 84.6 Å². The highest BCUT2D eigenvalue weighted by Crippen LogP contribution is 1.99. The van der Waals surface area contributed by atoms with E-state index < -0.39 is 17.4 Å². The van der Waals surface area contributed by atoms with Gasteiger partial charge in [-0.2, -0.15) is 5.10 Å². The molecule has 0 heterocycles. The molecule has 0 bridgehead atoms. The fraction of sp³-hybridized carbons (Fsp3) is 0.200. The van der Waals surface area contributed by atoms with Crippen LogP contribution in [0.3, 0.4) is 0 Å². The number of nitrogens with zero attached hydrogens (tertiary/aromatic N) is 2. The molecular weight excluding hydrogens is 210 g/mol. The van der Waals surface area contributed by atoms with E-state index in [-0.39, 0.29) is 0 Å². The Morgan fingerprint density at radius 3 is 2.62 bits per heavy atom. The lowest BCUT2D eigenvalue weighted by molar-refractivity contribution is -0.467. The second-order valence-corrected chi connectivity index (χ2v) is 3.09. The monoisotopic (exact) mass is 221 g/mol. The van der Waals surface area contributed by atoms with Crippen molar-refractivity contribution in [1.29, 1.82) is 0 Å². The van der Waals surface area contributed by atoms with Crippen LogP contribution in [0.25, 0.3) is 0 Å². The van der Waals surface area contributed by atoms with Crippen LogP contribution in [-0.2, 0) is 4.79 Å². The number of nitrogens with one attached hydrogen (secondary N) is 1. The van der Waals surface area contributed by atoms with Crippen LogP contribution in [0.15, 0.2) is 35.4 Å². The zero-order valence-corrected chi connectivity index (χ0v) is 8.71. The maximum atomic E-state index is 10.9. The Hall–Kier alpha value is -2.24. The van der Waals surface area contributed by atoms with E-state index in [9.17, 15) is 14.9 Å². The minimum absolute atomic E-state index is 0.595. The van der Waals surface area contributed by atoms with Crippen LogP contribution in [-0.4, -0.2) is 23.1 Å². The molecule has 0 atom stereocenters. The zero-order chi connectivity index (χ0) is 12.0. The van der Waals surface area contributed by atoms with Gasteiger partial charge < -0.3 is 0 Å². The van der Waals surface area contributed by atoms with Crippen molar-refractivity contribution >= 4 is 11.6 Å². The molecule has 0 unspecified atom stereocenters. The van der Waals surface area contributed by atoms with Crippen molar-refractivity contribution < 1.29 is 9.72 Å². The number of rotatable bonds is 4. The first-order valence-electron chi connectivity index (χ1n) is 4.60. The maximum Gasteiger partial charge on any atom is 0.311 e. The molecule has 6 heteroatoms. The summed E-state index contributed by atoms with van der Waals surface area (Å²) in [6.45, 7) is 0.938. The van der Waals surface area contributed by atoms with Crippen molar-refractivity contribution in [3.05, 3.63) is 46.0 Å². The summed E-state index contributed by atoms with van der Waals surface area (Å²) in [6.07, 6.45) is 0. The molecule has 84 valence electrons. The normalized spacial score (nSPS) is 10.9. The van der Waals surface area contributed by atoms with Crippen molar-refractivity contribution in [1.82, 2.24) is 5.43 Å². The third-order valence-electron chi connectivity index (χ3n) is 1.81. The van der Waals surface area contributed by atoms with Crippen LogP contribution in [0.4, 0.5) is 0 Å². The van der Waals surface area contributed by atoms with Crippen LogP contribution >= 0.6 is 0 Å². The summed E-state index contributed by atoms with van der Waals surface area (Å²) in [4.78, 5) is 20.2. The first-order valence-corrected chi connectivity index (χ1v) is 4.60. The fourth-order valence-corrected chi connectivity index (χ4v) is 1.04. The van der Waals surface area contributed by atoms with Crippen LogP contribution in [0.5, 0.6) is 0 Å². The number of carbonyl (C=O) groups excluding carboxylic acids is 1. The van der Waals surface area contributed by atoms with E-state index in [2.05, 4.69) is 10.5 Å². The lowest BCUT2D eigenvalue weighted by Gasteiger charge is -2.00. The van der Waals surface area contributed by atoms with Gasteiger partial charge in [0.1, 0.15) is 0 Å². The summed E-state index contributed by atoms with van der Waals surface area (Å²) in [5, 5.41) is 13.8. The van der Waals surface area contributed by atoms with Crippen molar-refractivity contribution in [3.63, 3.8) is 0 Å². The Labute approximate surface area is 92.1 Å². The molecule has 1 aromatic carbocycles. The van der Waals surface area contributed by atoms with Crippen molar-refractivity contribution in [2.45, 2.75) is 6.92 Å². The predicted molar refractivity (Wildman–Crippen MR) is 58.7 cm³/mol. The number of nitro groups is 1. The first kappa shape index (κ1) is 11.8. The molecule has 0 saturated heterocycles. The molecule has 0 aliphatic rings. The molecular formula is C10H11N3O3. The van der Waals surface area contributed by atoms with Crippen molar-refractivity contribution in [2.24, 2.45) is 5.10 Å². The van der Waals surface area contributed by atoms with E-state index in [4.69, 9.17) is 0 Å². The number of hydrazone groups is 1. The number of hydrogen-bond donors (Lipinski definition) is 1. The standard InChI is InChI=1S/C10H11N3O3/c1-8(9-5-3-2-4-6-9)11-12-10(14)7-13(15)16/h2-6H,7H2,1H3,(H,12,14)/b11-8+. The smallest absolute Gasteiger partial charge is 0.265 e. The SMILES string of the molecule is C/C(=N\NC(=O)C[N+](=O)[O-])c1ccccc1. The molecule has 1 N–H and O–H groups in total. The maximum absolute atomic E-state index is 10.9. The summed E-state index contributed by atoms with van der Waals surface area (Å²) in [6, 6.07) is 9.21. The molecule has 0 radical (unpaired) electrons. The molecule has 0 fully saturated rings. The Bertz CT molecular complexity index is 415. The second kappa shape index (κ2) is 5.59. The van der Waals surface area contributed by atoms with E-state index in [0.29, 0.717) is 5.71 Å². The summed E-state index contributed by atoms with van der Waals surface area (Å²) in [7, 11) is 0. The lowest BCUT2D eigenvalue weighted by Crippen LogP contribution is -2.26. The van der Waals surface area contributed by atoms with Crippen LogP contribution in [0.2, 0.25) is 0 Å². The molecule has 1 amide bonds. The van der Waals surface area contributed by atoms with Crippen molar-refractivity contribution in [3.8, 4) is 0 Å². The highest BCUT2D eigenvalue weighted by atomic mass is 16.6. The minimum Gasteiger partial charge on any atom is -0.265 e. The fourth-order valence-electron chi connectivity index (χ4n) is 1.04. The number of amides is 1. The molecule has 0 spiro atoms. The van der Waals surface area contributed by atoms with E-state index in [1.807, 2.05) is 30.3 Å². The van der Waals surface area contributed by atoms with Gasteiger partial charge in [0.25, 0.3) is 6.54 Å². The highest BCUT2D eigenvalue weighted by molar-refractivity contribution is 5.99. The Morgan fingerprint density at radius 1 is 1.44 bits per heavy atom. The number of hydrogen-bond acceptors (Lipinski definition) is 4. The Balaban J connectivity index is 2.58. The molecule has 0 saturated carbocycles. The van der Waals surface area contributed by atoms with Crippen LogP contribution in [0.1, 0.15) is 12.5 Å². The third kappa shape index (κ3) is 3.87. The average molecular weight is 221 g/mol. The Kier molecular flexibility index (Phi) is 4.14. The largest absolute Gasteiger partial charge is 0.311 e. The quantitative estimate of drug-likeness (QED) is 0.463. The van der Waals surface area contributed by atoms with Crippen LogP contribution < -0.4 is 5.43 Å². The molecule has 1 aromatic rings. The molecule has 0 aliphatic carbocycles. The van der Waals surface area contributed by atoms with Gasteiger partial charge in [-0.05, 0) is 12.5 Å². The molecule has 0 aromatic heterocycles. The predicted octanol–water partition coefficient (Wildman–Crippen LogP) is 0.804. The van der Waals surface area contributed by atoms with E-state index in [1.165, 1.54) is 0 Å². The highest BCUT2D eigenvalue weighted by Gasteiger charge is 2.07. The first-order chi connectivity index (χ1) is 7.59. The molecule has 6 nitrogen and oxygen atoms in total. The van der Waals surface area contributed by atoms with Crippen LogP contribution in [0, 0.1) is 10.1 Å². The van der Waals surface area contributed by atoms with Gasteiger partial charge >= 0.3 is 5.91 Å².